The van der Waals surface area contributed by atoms with Gasteiger partial charge in [-0.1, -0.05) is 0 Å². The number of hydrogen-bond donors (Lipinski definition) is 2. The second-order valence-corrected chi connectivity index (χ2v) is 4.47. The van der Waals surface area contributed by atoms with Crippen LogP contribution >= 0.6 is 0 Å². The van der Waals surface area contributed by atoms with Gasteiger partial charge in [0.25, 0.3) is 5.91 Å². The van der Waals surface area contributed by atoms with Crippen LogP contribution in [0.1, 0.15) is 37.6 Å². The first kappa shape index (κ1) is 14.4. The third-order valence-electron chi connectivity index (χ3n) is 2.19. The number of rotatable bonds is 6. The van der Waals surface area contributed by atoms with Gasteiger partial charge in [0.1, 0.15) is 5.75 Å². The van der Waals surface area contributed by atoms with E-state index in [9.17, 15) is 4.79 Å². The standard InChI is InChI=1S/C13H20N2O3/c1-9(2)18-12-6-11(7-14-8-12)13(17)15-5-4-10(3)16/h6-10,16H,4-5H2,1-3H3,(H,15,17). The van der Waals surface area contributed by atoms with E-state index in [1.54, 1.807) is 19.2 Å². The third-order valence-corrected chi connectivity index (χ3v) is 2.19. The first-order valence-corrected chi connectivity index (χ1v) is 6.07. The van der Waals surface area contributed by atoms with Crippen molar-refractivity contribution in [2.45, 2.75) is 39.4 Å². The largest absolute Gasteiger partial charge is 0.489 e. The number of ether oxygens (including phenoxy) is 1. The van der Waals surface area contributed by atoms with Crippen molar-refractivity contribution in [2.24, 2.45) is 0 Å². The summed E-state index contributed by atoms with van der Waals surface area (Å²) in [5, 5.41) is 11.8. The summed E-state index contributed by atoms with van der Waals surface area (Å²) in [7, 11) is 0. The van der Waals surface area contributed by atoms with Gasteiger partial charge in [-0.2, -0.15) is 0 Å². The Kier molecular flexibility index (Phi) is 5.58. The molecule has 0 saturated carbocycles. The summed E-state index contributed by atoms with van der Waals surface area (Å²) in [5.74, 6) is 0.366. The number of amides is 1. The average Bonchev–Trinajstić information content (AvgIpc) is 2.27. The van der Waals surface area contributed by atoms with E-state index in [-0.39, 0.29) is 12.0 Å². The zero-order valence-corrected chi connectivity index (χ0v) is 11.0. The molecule has 1 unspecified atom stereocenters. The topological polar surface area (TPSA) is 71.5 Å². The molecule has 0 aliphatic heterocycles. The highest BCUT2D eigenvalue weighted by Crippen LogP contribution is 2.12. The molecule has 1 aromatic heterocycles. The zero-order chi connectivity index (χ0) is 13.5. The van der Waals surface area contributed by atoms with Crippen LogP contribution in [-0.2, 0) is 0 Å². The Labute approximate surface area is 107 Å². The molecule has 1 atom stereocenters. The lowest BCUT2D eigenvalue weighted by molar-refractivity contribution is 0.0944. The maximum atomic E-state index is 11.8. The lowest BCUT2D eigenvalue weighted by Gasteiger charge is -2.10. The number of nitrogens with one attached hydrogen (secondary N) is 1. The Morgan fingerprint density at radius 3 is 2.78 bits per heavy atom. The van der Waals surface area contributed by atoms with Gasteiger partial charge in [-0.25, -0.2) is 0 Å². The molecular weight excluding hydrogens is 232 g/mol. The number of hydrogen-bond acceptors (Lipinski definition) is 4. The van der Waals surface area contributed by atoms with E-state index < -0.39 is 6.10 Å². The molecule has 5 nitrogen and oxygen atoms in total. The van der Waals surface area contributed by atoms with Gasteiger partial charge in [0.2, 0.25) is 0 Å². The van der Waals surface area contributed by atoms with Crippen LogP contribution in [-0.4, -0.2) is 34.8 Å². The molecule has 1 amide bonds. The molecule has 100 valence electrons. The number of aliphatic hydroxyl groups excluding tert-OH is 1. The first-order chi connectivity index (χ1) is 8.49. The zero-order valence-electron chi connectivity index (χ0n) is 11.0. The van der Waals surface area contributed by atoms with Gasteiger partial charge in [0.05, 0.1) is 24.0 Å². The molecule has 0 aliphatic carbocycles. The second kappa shape index (κ2) is 6.96. The summed E-state index contributed by atoms with van der Waals surface area (Å²) in [4.78, 5) is 15.7. The van der Waals surface area contributed by atoms with Crippen molar-refractivity contribution in [1.29, 1.82) is 0 Å². The normalized spacial score (nSPS) is 12.3. The van der Waals surface area contributed by atoms with Crippen molar-refractivity contribution in [1.82, 2.24) is 10.3 Å². The lowest BCUT2D eigenvalue weighted by Crippen LogP contribution is -2.26. The number of carbonyl (C=O) groups is 1. The molecule has 0 fully saturated rings. The molecule has 2 N–H and O–H groups in total. The van der Waals surface area contributed by atoms with E-state index >= 15 is 0 Å². The molecular formula is C13H20N2O3. The predicted octanol–water partition coefficient (Wildman–Crippen LogP) is 1.37. The van der Waals surface area contributed by atoms with Crippen molar-refractivity contribution in [2.75, 3.05) is 6.54 Å². The molecule has 5 heteroatoms. The van der Waals surface area contributed by atoms with Crippen LogP contribution in [0, 0.1) is 0 Å². The van der Waals surface area contributed by atoms with E-state index in [0.717, 1.165) is 0 Å². The highest BCUT2D eigenvalue weighted by molar-refractivity contribution is 5.94. The second-order valence-electron chi connectivity index (χ2n) is 4.47. The van der Waals surface area contributed by atoms with Crippen LogP contribution in [0.25, 0.3) is 0 Å². The first-order valence-electron chi connectivity index (χ1n) is 6.07. The molecule has 0 bridgehead atoms. The summed E-state index contributed by atoms with van der Waals surface area (Å²) in [5.41, 5.74) is 0.457. The quantitative estimate of drug-likeness (QED) is 0.802. The third kappa shape index (κ3) is 5.14. The monoisotopic (exact) mass is 252 g/mol. The lowest BCUT2D eigenvalue weighted by atomic mass is 10.2. The molecule has 0 aromatic carbocycles. The summed E-state index contributed by atoms with van der Waals surface area (Å²) >= 11 is 0. The molecule has 1 heterocycles. The van der Waals surface area contributed by atoms with Gasteiger partial charge in [-0.05, 0) is 33.3 Å². The number of pyridine rings is 1. The summed E-state index contributed by atoms with van der Waals surface area (Å²) < 4.78 is 5.47. The van der Waals surface area contributed by atoms with Crippen LogP contribution in [0.2, 0.25) is 0 Å². The summed E-state index contributed by atoms with van der Waals surface area (Å²) in [6, 6.07) is 1.66. The van der Waals surface area contributed by atoms with Crippen LogP contribution in [0.3, 0.4) is 0 Å². The maximum Gasteiger partial charge on any atom is 0.252 e. The number of aliphatic hydroxyl groups is 1. The van der Waals surface area contributed by atoms with Gasteiger partial charge in [-0.3, -0.25) is 9.78 Å². The Hall–Kier alpha value is -1.62. The van der Waals surface area contributed by atoms with Crippen molar-refractivity contribution >= 4 is 5.91 Å². The van der Waals surface area contributed by atoms with Gasteiger partial charge in [-0.15, -0.1) is 0 Å². The molecule has 0 spiro atoms. The Morgan fingerprint density at radius 2 is 2.17 bits per heavy atom. The minimum Gasteiger partial charge on any atom is -0.489 e. The van der Waals surface area contributed by atoms with E-state index in [2.05, 4.69) is 10.3 Å². The Bertz CT molecular complexity index is 392. The van der Waals surface area contributed by atoms with E-state index in [0.29, 0.717) is 24.3 Å². The molecule has 1 aromatic rings. The Balaban J connectivity index is 2.57. The highest BCUT2D eigenvalue weighted by atomic mass is 16.5. The van der Waals surface area contributed by atoms with Crippen molar-refractivity contribution in [3.63, 3.8) is 0 Å². The number of carbonyl (C=O) groups excluding carboxylic acids is 1. The van der Waals surface area contributed by atoms with Crippen molar-refractivity contribution in [3.8, 4) is 5.75 Å². The predicted molar refractivity (Wildman–Crippen MR) is 68.6 cm³/mol. The molecule has 0 radical (unpaired) electrons. The number of aromatic nitrogens is 1. The minimum atomic E-state index is -0.418. The van der Waals surface area contributed by atoms with E-state index in [4.69, 9.17) is 9.84 Å². The van der Waals surface area contributed by atoms with Crippen LogP contribution in [0.5, 0.6) is 5.75 Å². The van der Waals surface area contributed by atoms with Crippen LogP contribution in [0.4, 0.5) is 0 Å². The van der Waals surface area contributed by atoms with Gasteiger partial charge in [0, 0.05) is 12.7 Å². The molecule has 0 saturated heterocycles. The van der Waals surface area contributed by atoms with E-state index in [1.807, 2.05) is 13.8 Å². The van der Waals surface area contributed by atoms with E-state index in [1.165, 1.54) is 6.20 Å². The minimum absolute atomic E-state index is 0.0420. The smallest absolute Gasteiger partial charge is 0.252 e. The number of nitrogens with zero attached hydrogens (tertiary/aromatic N) is 1. The van der Waals surface area contributed by atoms with Gasteiger partial charge >= 0.3 is 0 Å². The highest BCUT2D eigenvalue weighted by Gasteiger charge is 2.08. The Morgan fingerprint density at radius 1 is 1.44 bits per heavy atom. The fourth-order valence-corrected chi connectivity index (χ4v) is 1.38. The fraction of sp³-hybridized carbons (Fsp3) is 0.538. The SMILES string of the molecule is CC(O)CCNC(=O)c1cncc(OC(C)C)c1. The summed E-state index contributed by atoms with van der Waals surface area (Å²) in [6.45, 7) is 5.95. The molecule has 0 aliphatic rings. The van der Waals surface area contributed by atoms with Crippen molar-refractivity contribution < 1.29 is 14.6 Å². The maximum absolute atomic E-state index is 11.8. The van der Waals surface area contributed by atoms with Gasteiger partial charge in [0.15, 0.2) is 0 Å². The van der Waals surface area contributed by atoms with Crippen LogP contribution < -0.4 is 10.1 Å². The van der Waals surface area contributed by atoms with Gasteiger partial charge < -0.3 is 15.2 Å². The molecule has 1 rings (SSSR count). The molecule has 18 heavy (non-hydrogen) atoms. The van der Waals surface area contributed by atoms with Crippen molar-refractivity contribution in [3.05, 3.63) is 24.0 Å². The fourth-order valence-electron chi connectivity index (χ4n) is 1.38. The summed E-state index contributed by atoms with van der Waals surface area (Å²) in [6.07, 6.45) is 3.22. The van der Waals surface area contributed by atoms with Crippen LogP contribution in [0.15, 0.2) is 18.5 Å². The average molecular weight is 252 g/mol.